The lowest BCUT2D eigenvalue weighted by Gasteiger charge is -2.17. The van der Waals surface area contributed by atoms with Gasteiger partial charge in [0.05, 0.1) is 18.8 Å². The van der Waals surface area contributed by atoms with Gasteiger partial charge in [0, 0.05) is 0 Å². The Balaban J connectivity index is 2.54. The monoisotopic (exact) mass is 324 g/mol. The van der Waals surface area contributed by atoms with Gasteiger partial charge < -0.3 is 24.1 Å². The summed E-state index contributed by atoms with van der Waals surface area (Å²) in [5, 5.41) is 9.37. The van der Waals surface area contributed by atoms with Crippen molar-refractivity contribution < 1.29 is 38.4 Å². The van der Waals surface area contributed by atoms with Gasteiger partial charge in [-0.2, -0.15) is 0 Å². The Kier molecular flexibility index (Phi) is 5.05. The zero-order valence-corrected chi connectivity index (χ0v) is 12.7. The maximum Gasteiger partial charge on any atom is 0.336 e. The number of aromatic carboxylic acids is 1. The highest BCUT2D eigenvalue weighted by Gasteiger charge is 2.36. The number of benzene rings is 1. The highest BCUT2D eigenvalue weighted by molar-refractivity contribution is 6.04. The molecule has 8 nitrogen and oxygen atoms in total. The summed E-state index contributed by atoms with van der Waals surface area (Å²) in [6.45, 7) is 3.18. The molecule has 0 spiro atoms. The van der Waals surface area contributed by atoms with Gasteiger partial charge in [0.15, 0.2) is 17.4 Å². The Morgan fingerprint density at radius 3 is 2.09 bits per heavy atom. The van der Waals surface area contributed by atoms with Gasteiger partial charge in [-0.25, -0.2) is 4.79 Å². The summed E-state index contributed by atoms with van der Waals surface area (Å²) in [6, 6.07) is 2.51. The Labute approximate surface area is 131 Å². The molecule has 0 fully saturated rings. The van der Waals surface area contributed by atoms with Crippen LogP contribution in [-0.2, 0) is 19.1 Å². The van der Waals surface area contributed by atoms with Crippen LogP contribution in [-0.4, -0.2) is 43.0 Å². The molecule has 0 aromatic heterocycles. The normalized spacial score (nSPS) is 12.1. The number of carboxylic acid groups (broad SMARTS) is 1. The van der Waals surface area contributed by atoms with Crippen molar-refractivity contribution in [1.82, 2.24) is 0 Å². The second-order valence-corrected chi connectivity index (χ2v) is 4.53. The van der Waals surface area contributed by atoms with Crippen LogP contribution >= 0.6 is 0 Å². The number of carbonyl (C=O) groups excluding carboxylic acids is 2. The van der Waals surface area contributed by atoms with Gasteiger partial charge in [0.1, 0.15) is 0 Å². The van der Waals surface area contributed by atoms with Gasteiger partial charge in [0.2, 0.25) is 6.79 Å². The molecule has 0 amide bonds. The zero-order valence-electron chi connectivity index (χ0n) is 12.7. The summed E-state index contributed by atoms with van der Waals surface area (Å²) in [6.07, 6.45) is 0. The van der Waals surface area contributed by atoms with Crippen molar-refractivity contribution in [3.63, 3.8) is 0 Å². The highest BCUT2D eigenvalue weighted by Crippen LogP contribution is 2.38. The summed E-state index contributed by atoms with van der Waals surface area (Å²) < 4.78 is 20.1. The molecule has 1 N–H and O–H groups in total. The number of rotatable bonds is 6. The van der Waals surface area contributed by atoms with Crippen molar-refractivity contribution in [2.45, 2.75) is 19.8 Å². The number of ether oxygens (including phenoxy) is 4. The predicted molar refractivity (Wildman–Crippen MR) is 75.5 cm³/mol. The van der Waals surface area contributed by atoms with E-state index in [1.165, 1.54) is 12.1 Å². The van der Waals surface area contributed by atoms with Crippen LogP contribution in [0.3, 0.4) is 0 Å². The van der Waals surface area contributed by atoms with Crippen LogP contribution in [0.1, 0.15) is 35.7 Å². The maximum absolute atomic E-state index is 12.1. The Bertz CT molecular complexity index is 619. The molecule has 124 valence electrons. The molecule has 0 atom stereocenters. The van der Waals surface area contributed by atoms with Crippen molar-refractivity contribution >= 4 is 17.9 Å². The summed E-state index contributed by atoms with van der Waals surface area (Å²) in [5.41, 5.74) is -0.306. The molecular formula is C15H16O8. The first-order chi connectivity index (χ1) is 11.0. The summed E-state index contributed by atoms with van der Waals surface area (Å²) in [5.74, 6) is -4.09. The van der Waals surface area contributed by atoms with Gasteiger partial charge >= 0.3 is 17.9 Å². The lowest BCUT2D eigenvalue weighted by Crippen LogP contribution is -2.27. The smallest absolute Gasteiger partial charge is 0.336 e. The zero-order chi connectivity index (χ0) is 17.0. The van der Waals surface area contributed by atoms with Crippen molar-refractivity contribution in [2.75, 3.05) is 20.0 Å². The van der Waals surface area contributed by atoms with Crippen LogP contribution in [0.15, 0.2) is 12.1 Å². The molecule has 0 unspecified atom stereocenters. The van der Waals surface area contributed by atoms with Gasteiger partial charge in [-0.15, -0.1) is 0 Å². The average molecular weight is 324 g/mol. The van der Waals surface area contributed by atoms with E-state index in [4.69, 9.17) is 18.9 Å². The van der Waals surface area contributed by atoms with Crippen LogP contribution in [0, 0.1) is 0 Å². The summed E-state index contributed by atoms with van der Waals surface area (Å²) in [4.78, 5) is 35.8. The van der Waals surface area contributed by atoms with E-state index in [-0.39, 0.29) is 42.6 Å². The van der Waals surface area contributed by atoms with Crippen LogP contribution in [0.2, 0.25) is 0 Å². The lowest BCUT2D eigenvalue weighted by atomic mass is 9.93. The summed E-state index contributed by atoms with van der Waals surface area (Å²) >= 11 is 0. The molecule has 0 saturated heterocycles. The van der Waals surface area contributed by atoms with Crippen LogP contribution in [0.5, 0.6) is 11.5 Å². The number of carbonyl (C=O) groups is 3. The fourth-order valence-electron chi connectivity index (χ4n) is 2.18. The van der Waals surface area contributed by atoms with Gasteiger partial charge in [-0.05, 0) is 31.5 Å². The first kappa shape index (κ1) is 16.6. The topological polar surface area (TPSA) is 108 Å². The summed E-state index contributed by atoms with van der Waals surface area (Å²) in [7, 11) is 0. The maximum atomic E-state index is 12.1. The molecule has 1 aliphatic rings. The average Bonchev–Trinajstić information content (AvgIpc) is 2.94. The minimum Gasteiger partial charge on any atom is -0.478 e. The number of hydrogen-bond donors (Lipinski definition) is 1. The van der Waals surface area contributed by atoms with E-state index in [9.17, 15) is 19.5 Å². The standard InChI is InChI=1S/C15H16O8/c1-3-20-14(18)12(15(19)21-4-2)8-5-10-11(23-7-22-10)6-9(8)13(16)17/h5-6,12H,3-4,7H2,1-2H3,(H,16,17). The molecular weight excluding hydrogens is 308 g/mol. The van der Waals surface area contributed by atoms with Crippen LogP contribution < -0.4 is 9.47 Å². The van der Waals surface area contributed by atoms with E-state index in [1.54, 1.807) is 13.8 Å². The van der Waals surface area contributed by atoms with E-state index in [1.807, 2.05) is 0 Å². The fourth-order valence-corrected chi connectivity index (χ4v) is 2.18. The second-order valence-electron chi connectivity index (χ2n) is 4.53. The van der Waals surface area contributed by atoms with Crippen molar-refractivity contribution in [2.24, 2.45) is 0 Å². The third-order valence-corrected chi connectivity index (χ3v) is 3.13. The number of carboxylic acids is 1. The van der Waals surface area contributed by atoms with Crippen LogP contribution in [0.25, 0.3) is 0 Å². The molecule has 1 heterocycles. The first-order valence-corrected chi connectivity index (χ1v) is 6.99. The SMILES string of the molecule is CCOC(=O)C(C(=O)OCC)c1cc2c(cc1C(=O)O)OCO2. The predicted octanol–water partition coefficient (Wildman–Crippen LogP) is 1.32. The lowest BCUT2D eigenvalue weighted by molar-refractivity contribution is -0.156. The molecule has 0 saturated carbocycles. The van der Waals surface area contributed by atoms with E-state index < -0.39 is 23.8 Å². The van der Waals surface area contributed by atoms with Crippen molar-refractivity contribution in [3.8, 4) is 11.5 Å². The van der Waals surface area contributed by atoms with Crippen LogP contribution in [0.4, 0.5) is 0 Å². The molecule has 0 bridgehead atoms. The molecule has 23 heavy (non-hydrogen) atoms. The Morgan fingerprint density at radius 1 is 1.09 bits per heavy atom. The van der Waals surface area contributed by atoms with E-state index >= 15 is 0 Å². The number of fused-ring (bicyclic) bond motifs is 1. The number of esters is 2. The first-order valence-electron chi connectivity index (χ1n) is 6.99. The largest absolute Gasteiger partial charge is 0.478 e. The fraction of sp³-hybridized carbons (Fsp3) is 0.400. The quantitative estimate of drug-likeness (QED) is 0.616. The molecule has 1 aromatic rings. The third kappa shape index (κ3) is 3.36. The molecule has 0 aliphatic carbocycles. The minimum atomic E-state index is -1.50. The molecule has 8 heteroatoms. The van der Waals surface area contributed by atoms with Gasteiger partial charge in [-0.3, -0.25) is 9.59 Å². The van der Waals surface area contributed by atoms with E-state index in [0.29, 0.717) is 0 Å². The number of hydrogen-bond acceptors (Lipinski definition) is 7. The van der Waals surface area contributed by atoms with Gasteiger partial charge in [-0.1, -0.05) is 0 Å². The molecule has 2 rings (SSSR count). The highest BCUT2D eigenvalue weighted by atomic mass is 16.7. The van der Waals surface area contributed by atoms with Crippen molar-refractivity contribution in [1.29, 1.82) is 0 Å². The Morgan fingerprint density at radius 2 is 1.61 bits per heavy atom. The molecule has 0 radical (unpaired) electrons. The second kappa shape index (κ2) is 6.99. The third-order valence-electron chi connectivity index (χ3n) is 3.13. The van der Waals surface area contributed by atoms with Crippen molar-refractivity contribution in [3.05, 3.63) is 23.3 Å². The van der Waals surface area contributed by atoms with Gasteiger partial charge in [0.25, 0.3) is 0 Å². The minimum absolute atomic E-state index is 0.0433. The molecule has 1 aromatic carbocycles. The molecule has 1 aliphatic heterocycles. The Hall–Kier alpha value is -2.77. The van der Waals surface area contributed by atoms with E-state index in [2.05, 4.69) is 0 Å². The van der Waals surface area contributed by atoms with E-state index in [0.717, 1.165) is 0 Å².